The monoisotopic (exact) mass is 394 g/mol. The van der Waals surface area contributed by atoms with Crippen molar-refractivity contribution in [3.8, 4) is 11.5 Å². The van der Waals surface area contributed by atoms with Gasteiger partial charge in [0.05, 0.1) is 7.11 Å². The second kappa shape index (κ2) is 7.47. The van der Waals surface area contributed by atoms with Crippen LogP contribution >= 0.6 is 0 Å². The van der Waals surface area contributed by atoms with Gasteiger partial charge < -0.3 is 19.3 Å². The van der Waals surface area contributed by atoms with Gasteiger partial charge in [0, 0.05) is 49.5 Å². The van der Waals surface area contributed by atoms with Crippen molar-refractivity contribution in [2.75, 3.05) is 43.1 Å². The van der Waals surface area contributed by atoms with E-state index in [1.54, 1.807) is 7.11 Å². The van der Waals surface area contributed by atoms with Gasteiger partial charge in [-0.05, 0) is 75.1 Å². The number of hydrogen-bond donors (Lipinski definition) is 0. The average molecular weight is 395 g/mol. The van der Waals surface area contributed by atoms with E-state index in [1.165, 1.54) is 33.6 Å². The minimum atomic E-state index is -0.102. The van der Waals surface area contributed by atoms with Crippen molar-refractivity contribution in [1.82, 2.24) is 0 Å². The number of fused-ring (bicyclic) bond motifs is 1. The van der Waals surface area contributed by atoms with Gasteiger partial charge in [-0.25, -0.2) is 0 Å². The average Bonchev–Trinajstić information content (AvgIpc) is 3.06. The standard InChI is InChI=1S/C25H34N2O2/c1-7-21-22-16-25(4,5)29-24(22)18(3)17(2)23(21)27-14-12-26(13-15-27)19-8-10-20(28-6)11-9-19/h8-11H,7,12-16H2,1-6H3. The Morgan fingerprint density at radius 2 is 1.59 bits per heavy atom. The molecule has 2 aliphatic rings. The van der Waals surface area contributed by atoms with Gasteiger partial charge in [-0.15, -0.1) is 0 Å². The van der Waals surface area contributed by atoms with Crippen molar-refractivity contribution in [1.29, 1.82) is 0 Å². The second-order valence-corrected chi connectivity index (χ2v) is 8.95. The van der Waals surface area contributed by atoms with Crippen molar-refractivity contribution in [2.24, 2.45) is 0 Å². The Bertz CT molecular complexity index is 894. The van der Waals surface area contributed by atoms with E-state index in [4.69, 9.17) is 9.47 Å². The molecule has 0 aliphatic carbocycles. The molecule has 29 heavy (non-hydrogen) atoms. The summed E-state index contributed by atoms with van der Waals surface area (Å²) in [5.41, 5.74) is 8.26. The molecule has 2 aromatic rings. The molecule has 156 valence electrons. The zero-order valence-electron chi connectivity index (χ0n) is 18.8. The first kappa shape index (κ1) is 19.9. The third-order valence-corrected chi connectivity index (χ3v) is 6.55. The molecule has 4 nitrogen and oxygen atoms in total. The maximum absolute atomic E-state index is 6.35. The van der Waals surface area contributed by atoms with Crippen molar-refractivity contribution < 1.29 is 9.47 Å². The number of rotatable bonds is 4. The summed E-state index contributed by atoms with van der Waals surface area (Å²) in [6.07, 6.45) is 2.06. The molecule has 4 heteroatoms. The molecule has 0 atom stereocenters. The number of hydrogen-bond acceptors (Lipinski definition) is 4. The highest BCUT2D eigenvalue weighted by molar-refractivity contribution is 5.71. The smallest absolute Gasteiger partial charge is 0.127 e. The van der Waals surface area contributed by atoms with Crippen molar-refractivity contribution in [3.05, 3.63) is 46.5 Å². The van der Waals surface area contributed by atoms with Gasteiger partial charge in [0.2, 0.25) is 0 Å². The third kappa shape index (κ3) is 3.54. The van der Waals surface area contributed by atoms with E-state index in [2.05, 4.69) is 56.6 Å². The van der Waals surface area contributed by atoms with Gasteiger partial charge in [0.25, 0.3) is 0 Å². The summed E-state index contributed by atoms with van der Waals surface area (Å²) in [5.74, 6) is 2.05. The predicted molar refractivity (Wildman–Crippen MR) is 121 cm³/mol. The number of piperazine rings is 1. The maximum Gasteiger partial charge on any atom is 0.127 e. The molecule has 2 aromatic carbocycles. The summed E-state index contributed by atoms with van der Waals surface area (Å²) < 4.78 is 11.6. The molecule has 2 heterocycles. The lowest BCUT2D eigenvalue weighted by Crippen LogP contribution is -2.47. The summed E-state index contributed by atoms with van der Waals surface area (Å²) >= 11 is 0. The highest BCUT2D eigenvalue weighted by Gasteiger charge is 2.36. The van der Waals surface area contributed by atoms with E-state index < -0.39 is 0 Å². The topological polar surface area (TPSA) is 24.9 Å². The van der Waals surface area contributed by atoms with Gasteiger partial charge in [-0.1, -0.05) is 6.92 Å². The molecule has 0 spiro atoms. The Morgan fingerprint density at radius 3 is 2.17 bits per heavy atom. The summed E-state index contributed by atoms with van der Waals surface area (Å²) in [4.78, 5) is 5.08. The minimum absolute atomic E-state index is 0.102. The van der Waals surface area contributed by atoms with Gasteiger partial charge in [0.15, 0.2) is 0 Å². The Hall–Kier alpha value is -2.36. The molecule has 0 unspecified atom stereocenters. The van der Waals surface area contributed by atoms with Crippen LogP contribution in [-0.2, 0) is 12.8 Å². The SMILES string of the molecule is CCc1c2c(c(C)c(C)c1N1CCN(c3ccc(OC)cc3)CC1)OC(C)(C)C2. The zero-order valence-corrected chi connectivity index (χ0v) is 18.8. The molecule has 0 N–H and O–H groups in total. The molecular weight excluding hydrogens is 360 g/mol. The molecule has 0 bridgehead atoms. The Kier molecular flexibility index (Phi) is 5.14. The Balaban J connectivity index is 1.59. The summed E-state index contributed by atoms with van der Waals surface area (Å²) in [5, 5.41) is 0. The Labute approximate surface area is 175 Å². The first-order valence-corrected chi connectivity index (χ1v) is 10.8. The number of nitrogens with zero attached hydrogens (tertiary/aromatic N) is 2. The van der Waals surface area contributed by atoms with E-state index in [0.717, 1.165) is 50.5 Å². The molecule has 2 aliphatic heterocycles. The first-order valence-electron chi connectivity index (χ1n) is 10.8. The van der Waals surface area contributed by atoms with Crippen LogP contribution in [-0.4, -0.2) is 38.9 Å². The van der Waals surface area contributed by atoms with Crippen LogP contribution in [0.4, 0.5) is 11.4 Å². The lowest BCUT2D eigenvalue weighted by atomic mass is 9.90. The van der Waals surface area contributed by atoms with Crippen LogP contribution in [0.1, 0.15) is 43.0 Å². The molecule has 0 radical (unpaired) electrons. The molecule has 0 aromatic heterocycles. The van der Waals surface area contributed by atoms with Gasteiger partial charge in [0.1, 0.15) is 17.1 Å². The highest BCUT2D eigenvalue weighted by Crippen LogP contribution is 2.46. The van der Waals surface area contributed by atoms with Gasteiger partial charge >= 0.3 is 0 Å². The number of methoxy groups -OCH3 is 1. The summed E-state index contributed by atoms with van der Waals surface area (Å²) in [6.45, 7) is 15.3. The largest absolute Gasteiger partial charge is 0.497 e. The predicted octanol–water partition coefficient (Wildman–Crippen LogP) is 4.91. The van der Waals surface area contributed by atoms with Crippen molar-refractivity contribution in [3.63, 3.8) is 0 Å². The molecular formula is C25H34N2O2. The van der Waals surface area contributed by atoms with Crippen molar-refractivity contribution >= 4 is 11.4 Å². The van der Waals surface area contributed by atoms with Crippen LogP contribution in [0.2, 0.25) is 0 Å². The van der Waals surface area contributed by atoms with Crippen LogP contribution in [0.5, 0.6) is 11.5 Å². The maximum atomic E-state index is 6.35. The van der Waals surface area contributed by atoms with Gasteiger partial charge in [-0.3, -0.25) is 0 Å². The fraction of sp³-hybridized carbons (Fsp3) is 0.520. The lowest BCUT2D eigenvalue weighted by molar-refractivity contribution is 0.137. The summed E-state index contributed by atoms with van der Waals surface area (Å²) in [6, 6.07) is 8.42. The fourth-order valence-corrected chi connectivity index (χ4v) is 4.93. The van der Waals surface area contributed by atoms with Crippen LogP contribution in [0.15, 0.2) is 24.3 Å². The van der Waals surface area contributed by atoms with E-state index in [9.17, 15) is 0 Å². The normalized spacial score (nSPS) is 17.9. The highest BCUT2D eigenvalue weighted by atomic mass is 16.5. The van der Waals surface area contributed by atoms with Crippen molar-refractivity contribution in [2.45, 2.75) is 53.1 Å². The van der Waals surface area contributed by atoms with Gasteiger partial charge in [-0.2, -0.15) is 0 Å². The fourth-order valence-electron chi connectivity index (χ4n) is 4.93. The van der Waals surface area contributed by atoms with E-state index in [0.29, 0.717) is 0 Å². The molecule has 0 saturated carbocycles. The van der Waals surface area contributed by atoms with Crippen LogP contribution in [0.25, 0.3) is 0 Å². The van der Waals surface area contributed by atoms with E-state index >= 15 is 0 Å². The molecule has 4 rings (SSSR count). The zero-order chi connectivity index (χ0) is 20.8. The quantitative estimate of drug-likeness (QED) is 0.735. The molecule has 1 fully saturated rings. The molecule has 0 amide bonds. The van der Waals surface area contributed by atoms with Crippen LogP contribution in [0, 0.1) is 13.8 Å². The minimum Gasteiger partial charge on any atom is -0.497 e. The summed E-state index contributed by atoms with van der Waals surface area (Å²) in [7, 11) is 1.71. The number of anilines is 2. The van der Waals surface area contributed by atoms with Crippen LogP contribution < -0.4 is 19.3 Å². The first-order chi connectivity index (χ1) is 13.8. The van der Waals surface area contributed by atoms with E-state index in [1.807, 2.05) is 12.1 Å². The van der Waals surface area contributed by atoms with E-state index in [-0.39, 0.29) is 5.60 Å². The number of benzene rings is 2. The number of ether oxygens (including phenoxy) is 2. The second-order valence-electron chi connectivity index (χ2n) is 8.95. The van der Waals surface area contributed by atoms with Crippen LogP contribution in [0.3, 0.4) is 0 Å². The Morgan fingerprint density at radius 1 is 0.966 bits per heavy atom. The lowest BCUT2D eigenvalue weighted by Gasteiger charge is -2.39. The molecule has 1 saturated heterocycles. The third-order valence-electron chi connectivity index (χ3n) is 6.55.